The van der Waals surface area contributed by atoms with Gasteiger partial charge in [-0.2, -0.15) is 0 Å². The molecule has 0 fully saturated rings. The summed E-state index contributed by atoms with van der Waals surface area (Å²) in [7, 11) is 5.98. The van der Waals surface area contributed by atoms with E-state index in [1.54, 1.807) is 0 Å². The zero-order valence-corrected chi connectivity index (χ0v) is 13.1. The molecule has 0 aliphatic carbocycles. The maximum absolute atomic E-state index is 6.37. The molecule has 0 aliphatic rings. The Morgan fingerprint density at radius 2 is 2.20 bits per heavy atom. The highest BCUT2D eigenvalue weighted by Gasteiger charge is 2.11. The standard InChI is InChI=1S/C15H21ClN4/c1-11(17-2)13-6-5-12(9-14(13)16)20(4)10-15-18-7-8-19(15)3/h5-9,11,17H,10H2,1-4H3. The third-order valence-electron chi connectivity index (χ3n) is 3.62. The van der Waals surface area contributed by atoms with Gasteiger partial charge in [0.15, 0.2) is 0 Å². The second kappa shape index (κ2) is 6.29. The molecule has 5 heteroatoms. The van der Waals surface area contributed by atoms with Crippen LogP contribution < -0.4 is 10.2 Å². The molecule has 1 N–H and O–H groups in total. The molecule has 1 unspecified atom stereocenters. The number of imidazole rings is 1. The number of hydrogen-bond donors (Lipinski definition) is 1. The van der Waals surface area contributed by atoms with Crippen molar-refractivity contribution in [2.75, 3.05) is 19.0 Å². The molecule has 0 aliphatic heterocycles. The van der Waals surface area contributed by atoms with Crippen molar-refractivity contribution in [2.45, 2.75) is 19.5 Å². The average Bonchev–Trinajstić information content (AvgIpc) is 2.83. The van der Waals surface area contributed by atoms with Gasteiger partial charge in [0.05, 0.1) is 6.54 Å². The first-order chi connectivity index (χ1) is 9.52. The summed E-state index contributed by atoms with van der Waals surface area (Å²) in [5.41, 5.74) is 2.20. The third kappa shape index (κ3) is 3.14. The Labute approximate surface area is 125 Å². The topological polar surface area (TPSA) is 33.1 Å². The van der Waals surface area contributed by atoms with Gasteiger partial charge in [0.1, 0.15) is 5.82 Å². The lowest BCUT2D eigenvalue weighted by Gasteiger charge is -2.21. The van der Waals surface area contributed by atoms with E-state index in [9.17, 15) is 0 Å². The van der Waals surface area contributed by atoms with E-state index in [-0.39, 0.29) is 6.04 Å². The summed E-state index contributed by atoms with van der Waals surface area (Å²) in [5.74, 6) is 1.02. The maximum Gasteiger partial charge on any atom is 0.127 e. The highest BCUT2D eigenvalue weighted by atomic mass is 35.5. The molecule has 20 heavy (non-hydrogen) atoms. The van der Waals surface area contributed by atoms with Crippen molar-refractivity contribution in [3.63, 3.8) is 0 Å². The van der Waals surface area contributed by atoms with Gasteiger partial charge in [-0.1, -0.05) is 17.7 Å². The van der Waals surface area contributed by atoms with Crippen LogP contribution in [-0.4, -0.2) is 23.6 Å². The molecular formula is C15H21ClN4. The molecule has 2 rings (SSSR count). The zero-order valence-electron chi connectivity index (χ0n) is 12.4. The van der Waals surface area contributed by atoms with E-state index in [4.69, 9.17) is 11.6 Å². The van der Waals surface area contributed by atoms with Crippen molar-refractivity contribution < 1.29 is 0 Å². The SMILES string of the molecule is CNC(C)c1ccc(N(C)Cc2nccn2C)cc1Cl. The summed E-state index contributed by atoms with van der Waals surface area (Å²) >= 11 is 6.37. The van der Waals surface area contributed by atoms with Crippen LogP contribution >= 0.6 is 11.6 Å². The van der Waals surface area contributed by atoms with Crippen LogP contribution in [0.3, 0.4) is 0 Å². The highest BCUT2D eigenvalue weighted by molar-refractivity contribution is 6.31. The van der Waals surface area contributed by atoms with E-state index < -0.39 is 0 Å². The van der Waals surface area contributed by atoms with Gasteiger partial charge in [-0.05, 0) is 31.7 Å². The van der Waals surface area contributed by atoms with Crippen LogP contribution in [0.2, 0.25) is 5.02 Å². The zero-order chi connectivity index (χ0) is 14.7. The molecule has 0 amide bonds. The van der Waals surface area contributed by atoms with Gasteiger partial charge in [-0.25, -0.2) is 4.98 Å². The smallest absolute Gasteiger partial charge is 0.127 e. The summed E-state index contributed by atoms with van der Waals surface area (Å²) < 4.78 is 2.02. The minimum Gasteiger partial charge on any atom is -0.367 e. The molecule has 0 bridgehead atoms. The number of benzene rings is 1. The lowest BCUT2D eigenvalue weighted by molar-refractivity contribution is 0.652. The third-order valence-corrected chi connectivity index (χ3v) is 3.95. The molecule has 108 valence electrons. The number of aryl methyl sites for hydroxylation is 1. The monoisotopic (exact) mass is 292 g/mol. The van der Waals surface area contributed by atoms with Crippen LogP contribution in [0.4, 0.5) is 5.69 Å². The molecule has 1 aromatic carbocycles. The Morgan fingerprint density at radius 3 is 2.75 bits per heavy atom. The van der Waals surface area contributed by atoms with Crippen LogP contribution in [0.25, 0.3) is 0 Å². The summed E-state index contributed by atoms with van der Waals surface area (Å²) in [4.78, 5) is 6.48. The van der Waals surface area contributed by atoms with Gasteiger partial charge >= 0.3 is 0 Å². The summed E-state index contributed by atoms with van der Waals surface area (Å²) in [5, 5.41) is 3.99. The Kier molecular flexibility index (Phi) is 4.68. The molecule has 0 saturated carbocycles. The second-order valence-corrected chi connectivity index (χ2v) is 5.43. The molecule has 0 radical (unpaired) electrons. The lowest BCUT2D eigenvalue weighted by atomic mass is 10.1. The van der Waals surface area contributed by atoms with Crippen molar-refractivity contribution >= 4 is 17.3 Å². The Morgan fingerprint density at radius 1 is 1.45 bits per heavy atom. The Hall–Kier alpha value is -1.52. The van der Waals surface area contributed by atoms with E-state index in [2.05, 4.69) is 34.3 Å². The molecule has 1 heterocycles. The first kappa shape index (κ1) is 14.9. The number of halogens is 1. The number of aromatic nitrogens is 2. The summed E-state index contributed by atoms with van der Waals surface area (Å²) in [6, 6.07) is 6.43. The van der Waals surface area contributed by atoms with Crippen molar-refractivity contribution in [3.8, 4) is 0 Å². The average molecular weight is 293 g/mol. The number of hydrogen-bond acceptors (Lipinski definition) is 3. The minimum absolute atomic E-state index is 0.247. The van der Waals surface area contributed by atoms with E-state index in [1.165, 1.54) is 0 Å². The summed E-state index contributed by atoms with van der Waals surface area (Å²) in [6.07, 6.45) is 3.77. The van der Waals surface area contributed by atoms with Gasteiger partial charge in [-0.15, -0.1) is 0 Å². The van der Waals surface area contributed by atoms with Crippen molar-refractivity contribution in [1.29, 1.82) is 0 Å². The number of anilines is 1. The van der Waals surface area contributed by atoms with Gasteiger partial charge < -0.3 is 14.8 Å². The van der Waals surface area contributed by atoms with E-state index in [0.29, 0.717) is 0 Å². The van der Waals surface area contributed by atoms with Gasteiger partial charge in [0, 0.05) is 43.2 Å². The Bertz CT molecular complexity index is 579. The van der Waals surface area contributed by atoms with Crippen molar-refractivity contribution in [3.05, 3.63) is 47.0 Å². The molecule has 1 atom stereocenters. The van der Waals surface area contributed by atoms with Crippen LogP contribution in [-0.2, 0) is 13.6 Å². The fourth-order valence-electron chi connectivity index (χ4n) is 2.11. The number of rotatable bonds is 5. The van der Waals surface area contributed by atoms with Gasteiger partial charge in [0.2, 0.25) is 0 Å². The fourth-order valence-corrected chi connectivity index (χ4v) is 2.45. The van der Waals surface area contributed by atoms with Crippen LogP contribution in [0.5, 0.6) is 0 Å². The first-order valence-electron chi connectivity index (χ1n) is 6.67. The predicted octanol–water partition coefficient (Wildman–Crippen LogP) is 2.99. The second-order valence-electron chi connectivity index (χ2n) is 5.03. The van der Waals surface area contributed by atoms with E-state index in [0.717, 1.165) is 28.6 Å². The molecule has 4 nitrogen and oxygen atoms in total. The summed E-state index contributed by atoms with van der Waals surface area (Å²) in [6.45, 7) is 2.85. The van der Waals surface area contributed by atoms with Crippen molar-refractivity contribution in [1.82, 2.24) is 14.9 Å². The highest BCUT2D eigenvalue weighted by Crippen LogP contribution is 2.27. The van der Waals surface area contributed by atoms with E-state index in [1.807, 2.05) is 44.2 Å². The Balaban J connectivity index is 2.17. The number of nitrogens with zero attached hydrogens (tertiary/aromatic N) is 3. The van der Waals surface area contributed by atoms with E-state index >= 15 is 0 Å². The predicted molar refractivity (Wildman–Crippen MR) is 84.2 cm³/mol. The van der Waals surface area contributed by atoms with Crippen LogP contribution in [0.1, 0.15) is 24.4 Å². The molecule has 0 saturated heterocycles. The first-order valence-corrected chi connectivity index (χ1v) is 7.04. The van der Waals surface area contributed by atoms with Gasteiger partial charge in [-0.3, -0.25) is 0 Å². The van der Waals surface area contributed by atoms with Gasteiger partial charge in [0.25, 0.3) is 0 Å². The normalized spacial score (nSPS) is 12.4. The molecular weight excluding hydrogens is 272 g/mol. The fraction of sp³-hybridized carbons (Fsp3) is 0.400. The maximum atomic E-state index is 6.37. The quantitative estimate of drug-likeness (QED) is 0.920. The van der Waals surface area contributed by atoms with Crippen LogP contribution in [0.15, 0.2) is 30.6 Å². The number of nitrogens with one attached hydrogen (secondary N) is 1. The van der Waals surface area contributed by atoms with Crippen molar-refractivity contribution in [2.24, 2.45) is 7.05 Å². The molecule has 2 aromatic rings. The largest absolute Gasteiger partial charge is 0.367 e. The minimum atomic E-state index is 0.247. The molecule has 1 aromatic heterocycles. The van der Waals surface area contributed by atoms with Crippen LogP contribution in [0, 0.1) is 0 Å². The lowest BCUT2D eigenvalue weighted by Crippen LogP contribution is -2.19. The molecule has 0 spiro atoms.